The average molecular weight is 532 g/mol. The van der Waals surface area contributed by atoms with E-state index in [1.807, 2.05) is 20.8 Å². The molecule has 1 aliphatic rings. The monoisotopic (exact) mass is 531 g/mol. The van der Waals surface area contributed by atoms with Crippen molar-refractivity contribution in [2.75, 3.05) is 6.61 Å². The summed E-state index contributed by atoms with van der Waals surface area (Å²) in [6, 6.07) is 15.2. The summed E-state index contributed by atoms with van der Waals surface area (Å²) in [5.41, 5.74) is 1.61. The van der Waals surface area contributed by atoms with Crippen LogP contribution in [0.2, 0.25) is 0 Å². The molecular formula is C29H26F5NO3. The van der Waals surface area contributed by atoms with Gasteiger partial charge in [0.1, 0.15) is 17.4 Å². The third kappa shape index (κ3) is 6.57. The molecule has 3 aromatic carbocycles. The van der Waals surface area contributed by atoms with Crippen LogP contribution < -0.4 is 4.74 Å². The normalized spacial score (nSPS) is 17.7. The molecule has 3 aromatic rings. The number of carbonyl (C=O) groups excluding carboxylic acids is 1. The van der Waals surface area contributed by atoms with E-state index in [-0.39, 0.29) is 35.5 Å². The highest BCUT2D eigenvalue weighted by Gasteiger charge is 2.39. The molecule has 0 spiro atoms. The zero-order valence-corrected chi connectivity index (χ0v) is 21.0. The number of alkyl halides is 3. The van der Waals surface area contributed by atoms with E-state index in [9.17, 15) is 26.7 Å². The molecular weight excluding hydrogens is 505 g/mol. The smallest absolute Gasteiger partial charge is 0.465 e. The molecule has 2 atom stereocenters. The first kappa shape index (κ1) is 27.3. The lowest BCUT2D eigenvalue weighted by Crippen LogP contribution is -2.26. The molecule has 0 saturated carbocycles. The lowest BCUT2D eigenvalue weighted by atomic mass is 9.90. The Morgan fingerprint density at radius 2 is 1.45 bits per heavy atom. The third-order valence-corrected chi connectivity index (χ3v) is 5.96. The predicted octanol–water partition coefficient (Wildman–Crippen LogP) is 7.67. The Kier molecular flexibility index (Phi) is 7.58. The maximum atomic E-state index is 14.5. The number of nitrogens with zero attached hydrogens (tertiary/aromatic N) is 1. The summed E-state index contributed by atoms with van der Waals surface area (Å²) in [5, 5.41) is 0. The van der Waals surface area contributed by atoms with E-state index >= 15 is 0 Å². The van der Waals surface area contributed by atoms with Crippen LogP contribution in [0.5, 0.6) is 5.75 Å². The van der Waals surface area contributed by atoms with E-state index in [1.54, 1.807) is 24.3 Å². The molecule has 0 N–H and O–H groups in total. The molecule has 38 heavy (non-hydrogen) atoms. The summed E-state index contributed by atoms with van der Waals surface area (Å²) < 4.78 is 75.7. The lowest BCUT2D eigenvalue weighted by molar-refractivity contribution is -0.274. The Hall–Kier alpha value is -3.75. The molecule has 0 aliphatic carbocycles. The second-order valence-electron chi connectivity index (χ2n) is 10.3. The van der Waals surface area contributed by atoms with E-state index in [1.165, 1.54) is 30.3 Å². The molecule has 0 radical (unpaired) electrons. The summed E-state index contributed by atoms with van der Waals surface area (Å²) in [4.78, 5) is 17.6. The van der Waals surface area contributed by atoms with Crippen LogP contribution in [0.4, 0.5) is 22.0 Å². The van der Waals surface area contributed by atoms with Crippen LogP contribution in [0.25, 0.3) is 11.1 Å². The molecule has 0 aromatic heterocycles. The molecule has 4 nitrogen and oxygen atoms in total. The highest BCUT2D eigenvalue weighted by molar-refractivity contribution is 6.04. The van der Waals surface area contributed by atoms with E-state index in [0.29, 0.717) is 16.7 Å². The molecule has 0 bridgehead atoms. The van der Waals surface area contributed by atoms with Gasteiger partial charge in [-0.2, -0.15) is 0 Å². The van der Waals surface area contributed by atoms with Gasteiger partial charge in [-0.15, -0.1) is 13.2 Å². The second-order valence-corrected chi connectivity index (χ2v) is 10.3. The number of benzene rings is 3. The summed E-state index contributed by atoms with van der Waals surface area (Å²) in [5.74, 6) is -3.15. The van der Waals surface area contributed by atoms with Gasteiger partial charge in [-0.25, -0.2) is 8.78 Å². The maximum Gasteiger partial charge on any atom is 0.573 e. The fourth-order valence-electron chi connectivity index (χ4n) is 4.21. The molecule has 0 amide bonds. The Morgan fingerprint density at radius 3 is 1.97 bits per heavy atom. The molecule has 9 heteroatoms. The number of ether oxygens (including phenoxy) is 2. The first-order valence-electron chi connectivity index (χ1n) is 11.9. The summed E-state index contributed by atoms with van der Waals surface area (Å²) >= 11 is 0. The van der Waals surface area contributed by atoms with Crippen molar-refractivity contribution >= 4 is 11.7 Å². The second kappa shape index (κ2) is 10.6. The van der Waals surface area contributed by atoms with Crippen LogP contribution in [-0.2, 0) is 9.53 Å². The molecule has 0 fully saturated rings. The number of hydrogen-bond donors (Lipinski definition) is 0. The number of esters is 1. The van der Waals surface area contributed by atoms with Gasteiger partial charge in [0.25, 0.3) is 0 Å². The number of halogens is 5. The van der Waals surface area contributed by atoms with Crippen molar-refractivity contribution in [2.24, 2.45) is 16.3 Å². The first-order valence-corrected chi connectivity index (χ1v) is 11.9. The molecule has 4 rings (SSSR count). The van der Waals surface area contributed by atoms with Crippen LogP contribution in [-0.4, -0.2) is 24.7 Å². The van der Waals surface area contributed by atoms with Gasteiger partial charge in [0.05, 0.1) is 24.1 Å². The Balaban J connectivity index is 1.62. The molecule has 1 aliphatic heterocycles. The SMILES string of the molecule is CC(C)(C)COC(=O)C1CC(c2c(F)cccc2F)=NC1c1ccc(-c2ccc(OC(F)(F)F)cc2)cc1. The molecule has 0 saturated heterocycles. The first-order chi connectivity index (χ1) is 17.8. The third-order valence-electron chi connectivity index (χ3n) is 5.96. The number of rotatable bonds is 6. The van der Waals surface area contributed by atoms with Crippen molar-refractivity contribution < 1.29 is 36.2 Å². The molecule has 2 unspecified atom stereocenters. The van der Waals surface area contributed by atoms with Crippen LogP contribution in [0.3, 0.4) is 0 Å². The largest absolute Gasteiger partial charge is 0.573 e. The van der Waals surface area contributed by atoms with Gasteiger partial charge in [-0.05, 0) is 46.4 Å². The van der Waals surface area contributed by atoms with Crippen molar-refractivity contribution in [1.29, 1.82) is 0 Å². The summed E-state index contributed by atoms with van der Waals surface area (Å²) in [6.07, 6.45) is -4.77. The van der Waals surface area contributed by atoms with Gasteiger partial charge >= 0.3 is 12.3 Å². The van der Waals surface area contributed by atoms with Crippen LogP contribution in [0.15, 0.2) is 71.7 Å². The minimum Gasteiger partial charge on any atom is -0.465 e. The lowest BCUT2D eigenvalue weighted by Gasteiger charge is -2.22. The van der Waals surface area contributed by atoms with Crippen molar-refractivity contribution in [3.05, 3.63) is 89.5 Å². The Morgan fingerprint density at radius 1 is 0.895 bits per heavy atom. The average Bonchev–Trinajstić information content (AvgIpc) is 3.27. The Labute approximate surface area is 217 Å². The van der Waals surface area contributed by atoms with E-state index in [0.717, 1.165) is 12.1 Å². The molecule has 200 valence electrons. The van der Waals surface area contributed by atoms with Gasteiger partial charge in [0.2, 0.25) is 0 Å². The number of carbonyl (C=O) groups is 1. The van der Waals surface area contributed by atoms with Crippen molar-refractivity contribution in [3.63, 3.8) is 0 Å². The number of hydrogen-bond acceptors (Lipinski definition) is 4. The Bertz CT molecular complexity index is 1310. The number of aliphatic imine (C=N–C) groups is 1. The zero-order valence-electron chi connectivity index (χ0n) is 21.0. The summed E-state index contributed by atoms with van der Waals surface area (Å²) in [7, 11) is 0. The van der Waals surface area contributed by atoms with Crippen molar-refractivity contribution in [3.8, 4) is 16.9 Å². The van der Waals surface area contributed by atoms with Crippen molar-refractivity contribution in [1.82, 2.24) is 0 Å². The van der Waals surface area contributed by atoms with Gasteiger partial charge in [-0.3, -0.25) is 9.79 Å². The minimum atomic E-state index is -4.78. The fraction of sp³-hybridized carbons (Fsp3) is 0.310. The van der Waals surface area contributed by atoms with Gasteiger partial charge in [0.15, 0.2) is 0 Å². The quantitative estimate of drug-likeness (QED) is 0.242. The van der Waals surface area contributed by atoms with Gasteiger partial charge in [0, 0.05) is 12.1 Å². The standard InChI is InChI=1S/C29H26F5NO3/c1-28(2,3)16-37-27(36)21-15-24(25-22(30)5-4-6-23(25)31)35-26(21)19-9-7-17(8-10-19)18-11-13-20(14-12-18)38-29(32,33)34/h4-14,21,26H,15-16H2,1-3H3. The highest BCUT2D eigenvalue weighted by Crippen LogP contribution is 2.39. The van der Waals surface area contributed by atoms with Crippen LogP contribution in [0.1, 0.15) is 44.4 Å². The van der Waals surface area contributed by atoms with E-state index in [4.69, 9.17) is 4.74 Å². The van der Waals surface area contributed by atoms with Crippen LogP contribution >= 0.6 is 0 Å². The van der Waals surface area contributed by atoms with E-state index < -0.39 is 35.9 Å². The maximum absolute atomic E-state index is 14.5. The predicted molar refractivity (Wildman–Crippen MR) is 133 cm³/mol. The van der Waals surface area contributed by atoms with Gasteiger partial charge in [-0.1, -0.05) is 63.2 Å². The van der Waals surface area contributed by atoms with Gasteiger partial charge < -0.3 is 9.47 Å². The minimum absolute atomic E-state index is 0.00785. The van der Waals surface area contributed by atoms with Crippen LogP contribution in [0, 0.1) is 23.0 Å². The topological polar surface area (TPSA) is 47.9 Å². The highest BCUT2D eigenvalue weighted by atomic mass is 19.4. The summed E-state index contributed by atoms with van der Waals surface area (Å²) in [6.45, 7) is 5.93. The zero-order chi connectivity index (χ0) is 27.7. The fourth-order valence-corrected chi connectivity index (χ4v) is 4.21. The van der Waals surface area contributed by atoms with Crippen molar-refractivity contribution in [2.45, 2.75) is 39.6 Å². The van der Waals surface area contributed by atoms with E-state index in [2.05, 4.69) is 9.73 Å². The molecule has 1 heterocycles.